The van der Waals surface area contributed by atoms with Crippen LogP contribution in [0.2, 0.25) is 0 Å². The van der Waals surface area contributed by atoms with E-state index in [1.54, 1.807) is 12.1 Å². The second kappa shape index (κ2) is 8.57. The Bertz CT molecular complexity index is 1010. The molecule has 2 aliphatic heterocycles. The van der Waals surface area contributed by atoms with Crippen molar-refractivity contribution in [3.63, 3.8) is 0 Å². The zero-order chi connectivity index (χ0) is 21.1. The van der Waals surface area contributed by atoms with Gasteiger partial charge >= 0.3 is 0 Å². The molecule has 4 rings (SSSR count). The van der Waals surface area contributed by atoms with Gasteiger partial charge in [0.2, 0.25) is 0 Å². The number of aromatic nitrogens is 1. The van der Waals surface area contributed by atoms with Crippen molar-refractivity contribution in [2.24, 2.45) is 22.0 Å². The minimum atomic E-state index is -0.123. The first kappa shape index (κ1) is 19.9. The predicted molar refractivity (Wildman–Crippen MR) is 121 cm³/mol. The summed E-state index contributed by atoms with van der Waals surface area (Å²) >= 11 is 0. The second-order valence-electron chi connectivity index (χ2n) is 7.84. The maximum atomic E-state index is 9.46. The summed E-state index contributed by atoms with van der Waals surface area (Å²) in [5.74, 6) is 2.06. The first-order valence-electron chi connectivity index (χ1n) is 10.3. The van der Waals surface area contributed by atoms with Crippen LogP contribution in [0.5, 0.6) is 5.75 Å². The van der Waals surface area contributed by atoms with Crippen LogP contribution in [0.1, 0.15) is 25.1 Å². The average molecular weight is 405 g/mol. The highest BCUT2D eigenvalue weighted by Crippen LogP contribution is 2.18. The van der Waals surface area contributed by atoms with Crippen LogP contribution in [0.3, 0.4) is 0 Å². The lowest BCUT2D eigenvalue weighted by atomic mass is 10.1. The number of aliphatic imine (C=N–C) groups is 3. The molecular weight excluding hydrogens is 376 g/mol. The minimum Gasteiger partial charge on any atom is -0.508 e. The molecule has 1 aromatic carbocycles. The highest BCUT2D eigenvalue weighted by Gasteiger charge is 2.28. The number of nitrogens with zero attached hydrogens (tertiary/aromatic N) is 5. The molecule has 0 fully saturated rings. The van der Waals surface area contributed by atoms with Gasteiger partial charge in [-0.2, -0.15) is 0 Å². The molecule has 0 bridgehead atoms. The summed E-state index contributed by atoms with van der Waals surface area (Å²) < 4.78 is 2.07. The SMILES string of the molecule is CC(C)N1C=NC2/C=C(NCCc3ccc(O)cc3)\N=C(\c3cccn3C)C/N=C\21. The van der Waals surface area contributed by atoms with E-state index in [-0.39, 0.29) is 11.8 Å². The zero-order valence-corrected chi connectivity index (χ0v) is 17.7. The number of amidine groups is 1. The molecule has 1 unspecified atom stereocenters. The third kappa shape index (κ3) is 4.30. The number of phenols is 1. The first-order chi connectivity index (χ1) is 14.5. The largest absolute Gasteiger partial charge is 0.508 e. The lowest BCUT2D eigenvalue weighted by molar-refractivity contribution is 0.475. The molecule has 7 heteroatoms. The summed E-state index contributed by atoms with van der Waals surface area (Å²) in [7, 11) is 2.02. The molecule has 0 radical (unpaired) electrons. The van der Waals surface area contributed by atoms with E-state index in [1.807, 2.05) is 37.8 Å². The summed E-state index contributed by atoms with van der Waals surface area (Å²) in [5, 5.41) is 12.9. The van der Waals surface area contributed by atoms with Crippen LogP contribution in [0.15, 0.2) is 69.5 Å². The Morgan fingerprint density at radius 1 is 1.20 bits per heavy atom. The second-order valence-corrected chi connectivity index (χ2v) is 7.84. The van der Waals surface area contributed by atoms with Gasteiger partial charge in [-0.05, 0) is 56.2 Å². The molecule has 0 spiro atoms. The number of benzene rings is 1. The van der Waals surface area contributed by atoms with Crippen LogP contribution in [-0.2, 0) is 13.5 Å². The van der Waals surface area contributed by atoms with Gasteiger partial charge in [-0.25, -0.2) is 4.99 Å². The normalized spacial score (nSPS) is 23.7. The molecular formula is C23H28N6O. The maximum absolute atomic E-state index is 9.46. The lowest BCUT2D eigenvalue weighted by Gasteiger charge is -2.23. The van der Waals surface area contributed by atoms with Gasteiger partial charge in [0.05, 0.1) is 24.3 Å². The summed E-state index contributed by atoms with van der Waals surface area (Å²) in [6.07, 6.45) is 6.79. The minimum absolute atomic E-state index is 0.123. The van der Waals surface area contributed by atoms with Crippen molar-refractivity contribution in [3.05, 3.63) is 65.7 Å². The van der Waals surface area contributed by atoms with Gasteiger partial charge in [-0.1, -0.05) is 12.1 Å². The molecule has 0 saturated heterocycles. The van der Waals surface area contributed by atoms with Gasteiger partial charge in [0.25, 0.3) is 0 Å². The molecule has 3 heterocycles. The van der Waals surface area contributed by atoms with Crippen LogP contribution in [0.25, 0.3) is 0 Å². The number of nitrogens with one attached hydrogen (secondary N) is 1. The summed E-state index contributed by atoms with van der Waals surface area (Å²) in [5.41, 5.74) is 3.14. The first-order valence-corrected chi connectivity index (χ1v) is 10.3. The number of fused-ring (bicyclic) bond motifs is 1. The van der Waals surface area contributed by atoms with E-state index in [1.165, 1.54) is 0 Å². The molecule has 7 nitrogen and oxygen atoms in total. The van der Waals surface area contributed by atoms with Crippen molar-refractivity contribution in [2.75, 3.05) is 13.1 Å². The Kier molecular flexibility index (Phi) is 5.70. The Morgan fingerprint density at radius 2 is 2.00 bits per heavy atom. The van der Waals surface area contributed by atoms with E-state index < -0.39 is 0 Å². The highest BCUT2D eigenvalue weighted by atomic mass is 16.3. The van der Waals surface area contributed by atoms with Crippen molar-refractivity contribution in [1.29, 1.82) is 0 Å². The highest BCUT2D eigenvalue weighted by molar-refractivity contribution is 6.06. The van der Waals surface area contributed by atoms with Gasteiger partial charge in [0.1, 0.15) is 23.4 Å². The molecule has 2 aliphatic rings. The summed E-state index contributed by atoms with van der Waals surface area (Å²) in [4.78, 5) is 16.6. The van der Waals surface area contributed by atoms with Gasteiger partial charge in [0, 0.05) is 25.8 Å². The van der Waals surface area contributed by atoms with E-state index in [9.17, 15) is 5.11 Å². The van der Waals surface area contributed by atoms with Crippen molar-refractivity contribution in [2.45, 2.75) is 32.4 Å². The van der Waals surface area contributed by atoms with E-state index in [0.29, 0.717) is 12.6 Å². The molecule has 2 aromatic rings. The van der Waals surface area contributed by atoms with E-state index in [4.69, 9.17) is 9.98 Å². The summed E-state index contributed by atoms with van der Waals surface area (Å²) in [6, 6.07) is 11.6. The smallest absolute Gasteiger partial charge is 0.134 e. The maximum Gasteiger partial charge on any atom is 0.134 e. The Hall–Kier alpha value is -3.35. The number of hydrogen-bond acceptors (Lipinski definition) is 6. The van der Waals surface area contributed by atoms with E-state index >= 15 is 0 Å². The monoisotopic (exact) mass is 404 g/mol. The predicted octanol–water partition coefficient (Wildman–Crippen LogP) is 2.73. The van der Waals surface area contributed by atoms with Crippen molar-refractivity contribution >= 4 is 17.9 Å². The standard InChI is InChI=1S/C23H28N6O/c1-16(2)29-15-26-19-13-22(24-11-10-17-6-8-18(30)9-7-17)27-20(14-25-23(19)29)21-5-4-12-28(21)3/h4-9,12-13,15-16,19,24,30H,10-11,14H2,1-3H3/b22-13-,25-23+,27-20+. The quantitative estimate of drug-likeness (QED) is 0.777. The van der Waals surface area contributed by atoms with Gasteiger partial charge in [-0.3, -0.25) is 9.98 Å². The number of aryl methyl sites for hydroxylation is 1. The van der Waals surface area contributed by atoms with Crippen molar-refractivity contribution < 1.29 is 5.11 Å². The van der Waals surface area contributed by atoms with Gasteiger partial charge < -0.3 is 19.9 Å². The fraction of sp³-hybridized carbons (Fsp3) is 0.348. The molecule has 1 atom stereocenters. The third-order valence-electron chi connectivity index (χ3n) is 5.29. The van der Waals surface area contributed by atoms with Crippen LogP contribution in [0.4, 0.5) is 0 Å². The summed E-state index contributed by atoms with van der Waals surface area (Å²) in [6.45, 7) is 5.52. The lowest BCUT2D eigenvalue weighted by Crippen LogP contribution is -2.37. The Morgan fingerprint density at radius 3 is 2.70 bits per heavy atom. The molecule has 0 saturated carbocycles. The number of aromatic hydroxyl groups is 1. The van der Waals surface area contributed by atoms with Crippen LogP contribution >= 0.6 is 0 Å². The number of hydrogen-bond donors (Lipinski definition) is 2. The van der Waals surface area contributed by atoms with Crippen molar-refractivity contribution in [1.82, 2.24) is 14.8 Å². The van der Waals surface area contributed by atoms with Crippen LogP contribution in [0, 0.1) is 0 Å². The van der Waals surface area contributed by atoms with Gasteiger partial charge in [0.15, 0.2) is 0 Å². The average Bonchev–Trinajstić information content (AvgIpc) is 3.30. The topological polar surface area (TPSA) is 77.5 Å². The third-order valence-corrected chi connectivity index (χ3v) is 5.29. The van der Waals surface area contributed by atoms with Crippen molar-refractivity contribution in [3.8, 4) is 5.75 Å². The fourth-order valence-electron chi connectivity index (χ4n) is 3.63. The zero-order valence-electron chi connectivity index (χ0n) is 17.7. The van der Waals surface area contributed by atoms with Crippen LogP contribution in [-0.4, -0.2) is 57.6 Å². The molecule has 0 aliphatic carbocycles. The van der Waals surface area contributed by atoms with E-state index in [0.717, 1.165) is 41.6 Å². The fourth-order valence-corrected chi connectivity index (χ4v) is 3.63. The Labute approximate surface area is 177 Å². The molecule has 30 heavy (non-hydrogen) atoms. The molecule has 0 amide bonds. The van der Waals surface area contributed by atoms with Gasteiger partial charge in [-0.15, -0.1) is 0 Å². The molecule has 2 N–H and O–H groups in total. The molecule has 156 valence electrons. The Balaban J connectivity index is 1.58. The van der Waals surface area contributed by atoms with Crippen LogP contribution < -0.4 is 5.32 Å². The number of rotatable bonds is 6. The molecule has 1 aromatic heterocycles. The number of phenolic OH excluding ortho intramolecular Hbond substituents is 1. The van der Waals surface area contributed by atoms with E-state index in [2.05, 4.69) is 45.8 Å².